The van der Waals surface area contributed by atoms with Crippen LogP contribution >= 0.6 is 11.6 Å². The van der Waals surface area contributed by atoms with E-state index >= 15 is 0 Å². The highest BCUT2D eigenvalue weighted by atomic mass is 35.5. The fraction of sp³-hybridized carbons (Fsp3) is 0.217. The van der Waals surface area contributed by atoms with Crippen LogP contribution in [-0.4, -0.2) is 29.0 Å². The maximum Gasteiger partial charge on any atom is 0.250 e. The summed E-state index contributed by atoms with van der Waals surface area (Å²) in [6.07, 6.45) is 1.65. The van der Waals surface area contributed by atoms with Gasteiger partial charge in [0.25, 0.3) is 5.56 Å². The number of benzene rings is 2. The summed E-state index contributed by atoms with van der Waals surface area (Å²) in [5.41, 5.74) is 2.16. The van der Waals surface area contributed by atoms with Gasteiger partial charge in [-0.2, -0.15) is 0 Å². The van der Waals surface area contributed by atoms with E-state index in [1.807, 2.05) is 67.4 Å². The Morgan fingerprint density at radius 3 is 2.45 bits per heavy atom. The van der Waals surface area contributed by atoms with Gasteiger partial charge in [0, 0.05) is 17.3 Å². The second kappa shape index (κ2) is 9.54. The van der Waals surface area contributed by atoms with Gasteiger partial charge in [0.05, 0.1) is 12.2 Å². The highest BCUT2D eigenvalue weighted by molar-refractivity contribution is 6.31. The van der Waals surface area contributed by atoms with Crippen LogP contribution in [0, 0.1) is 0 Å². The molecule has 1 aromatic heterocycles. The number of amides is 1. The van der Waals surface area contributed by atoms with E-state index in [-0.39, 0.29) is 11.5 Å². The summed E-state index contributed by atoms with van der Waals surface area (Å²) in [7, 11) is 1.91. The van der Waals surface area contributed by atoms with Crippen molar-refractivity contribution in [3.05, 3.63) is 99.4 Å². The highest BCUT2D eigenvalue weighted by Gasteiger charge is 2.24. The lowest BCUT2D eigenvalue weighted by molar-refractivity contribution is -0.121. The number of halogens is 1. The van der Waals surface area contributed by atoms with Crippen molar-refractivity contribution in [3.8, 4) is 0 Å². The van der Waals surface area contributed by atoms with Gasteiger partial charge < -0.3 is 9.88 Å². The van der Waals surface area contributed by atoms with Crippen LogP contribution in [0.5, 0.6) is 0 Å². The van der Waals surface area contributed by atoms with Crippen molar-refractivity contribution in [3.63, 3.8) is 0 Å². The number of likely N-dealkylation sites (N-methyl/N-ethyl adjacent to an activating group) is 1. The molecule has 1 heterocycles. The molecular formula is C23H24ClN3O2. The van der Waals surface area contributed by atoms with Crippen molar-refractivity contribution in [2.75, 3.05) is 18.9 Å². The van der Waals surface area contributed by atoms with Crippen LogP contribution in [0.2, 0.25) is 5.02 Å². The summed E-state index contributed by atoms with van der Waals surface area (Å²) in [6.45, 7) is 3.06. The molecule has 0 bridgehead atoms. The molecule has 1 atom stereocenters. The Hall–Kier alpha value is -2.89. The molecule has 0 aliphatic rings. The van der Waals surface area contributed by atoms with Gasteiger partial charge in [0.2, 0.25) is 5.91 Å². The predicted octanol–water partition coefficient (Wildman–Crippen LogP) is 4.18. The molecule has 3 rings (SSSR count). The number of carbonyl (C=O) groups excluding carboxylic acids is 1. The van der Waals surface area contributed by atoms with Gasteiger partial charge in [-0.15, -0.1) is 0 Å². The summed E-state index contributed by atoms with van der Waals surface area (Å²) in [5, 5.41) is 3.55. The Kier molecular flexibility index (Phi) is 6.86. The maximum absolute atomic E-state index is 13.1. The Balaban J connectivity index is 1.84. The van der Waals surface area contributed by atoms with Crippen LogP contribution in [0.15, 0.2) is 77.7 Å². The van der Waals surface area contributed by atoms with Crippen LogP contribution in [0.4, 0.5) is 5.69 Å². The van der Waals surface area contributed by atoms with Gasteiger partial charge in [-0.05, 0) is 36.9 Å². The first kappa shape index (κ1) is 20.8. The minimum Gasteiger partial charge on any atom is -0.323 e. The van der Waals surface area contributed by atoms with Crippen molar-refractivity contribution in [2.24, 2.45) is 0 Å². The van der Waals surface area contributed by atoms with Crippen molar-refractivity contribution >= 4 is 23.2 Å². The van der Waals surface area contributed by atoms with Crippen molar-refractivity contribution in [1.29, 1.82) is 0 Å². The number of nitrogens with zero attached hydrogens (tertiary/aromatic N) is 2. The van der Waals surface area contributed by atoms with E-state index in [4.69, 9.17) is 11.6 Å². The molecule has 0 fully saturated rings. The zero-order valence-electron chi connectivity index (χ0n) is 16.5. The van der Waals surface area contributed by atoms with Crippen molar-refractivity contribution < 1.29 is 4.79 Å². The van der Waals surface area contributed by atoms with Crippen LogP contribution in [-0.2, 0) is 11.3 Å². The zero-order chi connectivity index (χ0) is 20.8. The normalized spacial score (nSPS) is 12.0. The number of rotatable bonds is 7. The average molecular weight is 410 g/mol. The molecule has 5 nitrogen and oxygen atoms in total. The number of pyridine rings is 1. The number of anilines is 1. The number of nitrogens with one attached hydrogen (secondary N) is 1. The zero-order valence-corrected chi connectivity index (χ0v) is 17.3. The first-order chi connectivity index (χ1) is 14.0. The highest BCUT2D eigenvalue weighted by Crippen LogP contribution is 2.21. The number of hydrogen-bond donors (Lipinski definition) is 1. The monoisotopic (exact) mass is 409 g/mol. The fourth-order valence-electron chi connectivity index (χ4n) is 3.17. The average Bonchev–Trinajstić information content (AvgIpc) is 2.73. The van der Waals surface area contributed by atoms with E-state index in [9.17, 15) is 9.59 Å². The molecule has 3 aromatic rings. The lowest BCUT2D eigenvalue weighted by Gasteiger charge is -2.26. The topological polar surface area (TPSA) is 54.3 Å². The van der Waals surface area contributed by atoms with Crippen LogP contribution in [0.1, 0.15) is 24.1 Å². The lowest BCUT2D eigenvalue weighted by Crippen LogP contribution is -2.35. The smallest absolute Gasteiger partial charge is 0.250 e. The Bertz CT molecular complexity index is 1030. The molecule has 0 aliphatic carbocycles. The summed E-state index contributed by atoms with van der Waals surface area (Å²) in [4.78, 5) is 27.3. The third kappa shape index (κ3) is 5.13. The molecule has 0 saturated carbocycles. The number of hydrogen-bond acceptors (Lipinski definition) is 3. The Labute approximate surface area is 175 Å². The SMILES string of the molecule is CCN(C)C(C(=O)Nc1ccc(=O)n(Cc2ccccc2Cl)c1)c1ccccc1. The number of carbonyl (C=O) groups is 1. The van der Waals surface area contributed by atoms with E-state index in [1.54, 1.807) is 18.3 Å². The maximum atomic E-state index is 13.1. The molecule has 0 spiro atoms. The molecule has 29 heavy (non-hydrogen) atoms. The first-order valence-corrected chi connectivity index (χ1v) is 9.87. The summed E-state index contributed by atoms with van der Waals surface area (Å²) < 4.78 is 1.54. The summed E-state index contributed by atoms with van der Waals surface area (Å²) in [5.74, 6) is -0.150. The minimum atomic E-state index is -0.426. The standard InChI is InChI=1S/C23H24ClN3O2/c1-3-26(2)22(17-9-5-4-6-10-17)23(29)25-19-13-14-21(28)27(16-19)15-18-11-7-8-12-20(18)24/h4-14,16,22H,3,15H2,1-2H3,(H,25,29). The Morgan fingerprint density at radius 1 is 1.07 bits per heavy atom. The molecule has 1 amide bonds. The molecule has 1 N–H and O–H groups in total. The second-order valence-electron chi connectivity index (χ2n) is 6.85. The third-order valence-electron chi connectivity index (χ3n) is 4.85. The molecule has 0 aliphatic heterocycles. The van der Waals surface area contributed by atoms with Gasteiger partial charge in [-0.3, -0.25) is 14.5 Å². The van der Waals surface area contributed by atoms with E-state index in [0.717, 1.165) is 17.7 Å². The van der Waals surface area contributed by atoms with Crippen molar-refractivity contribution in [2.45, 2.75) is 19.5 Å². The third-order valence-corrected chi connectivity index (χ3v) is 5.22. The lowest BCUT2D eigenvalue weighted by atomic mass is 10.0. The van der Waals surface area contributed by atoms with Gasteiger partial charge >= 0.3 is 0 Å². The van der Waals surface area contributed by atoms with Crippen molar-refractivity contribution in [1.82, 2.24) is 9.47 Å². The van der Waals surface area contributed by atoms with Crippen LogP contribution < -0.4 is 10.9 Å². The Morgan fingerprint density at radius 2 is 1.76 bits per heavy atom. The van der Waals surface area contributed by atoms with E-state index in [0.29, 0.717) is 17.3 Å². The molecule has 2 aromatic carbocycles. The van der Waals surface area contributed by atoms with E-state index < -0.39 is 6.04 Å². The predicted molar refractivity (Wildman–Crippen MR) is 117 cm³/mol. The summed E-state index contributed by atoms with van der Waals surface area (Å²) in [6, 6.07) is 19.7. The molecule has 150 valence electrons. The quantitative estimate of drug-likeness (QED) is 0.636. The second-order valence-corrected chi connectivity index (χ2v) is 7.26. The molecule has 1 unspecified atom stereocenters. The minimum absolute atomic E-state index is 0.150. The fourth-order valence-corrected chi connectivity index (χ4v) is 3.37. The molecular weight excluding hydrogens is 386 g/mol. The van der Waals surface area contributed by atoms with Crippen LogP contribution in [0.3, 0.4) is 0 Å². The molecule has 6 heteroatoms. The van der Waals surface area contributed by atoms with E-state index in [1.165, 1.54) is 10.6 Å². The largest absolute Gasteiger partial charge is 0.323 e. The van der Waals surface area contributed by atoms with Gasteiger partial charge in [-0.1, -0.05) is 67.1 Å². The van der Waals surface area contributed by atoms with Gasteiger partial charge in [-0.25, -0.2) is 0 Å². The van der Waals surface area contributed by atoms with Crippen LogP contribution in [0.25, 0.3) is 0 Å². The van der Waals surface area contributed by atoms with Gasteiger partial charge in [0.15, 0.2) is 0 Å². The molecule has 0 radical (unpaired) electrons. The molecule has 0 saturated heterocycles. The first-order valence-electron chi connectivity index (χ1n) is 9.49. The summed E-state index contributed by atoms with van der Waals surface area (Å²) >= 11 is 6.22. The van der Waals surface area contributed by atoms with Gasteiger partial charge in [0.1, 0.15) is 6.04 Å². The number of aromatic nitrogens is 1. The van der Waals surface area contributed by atoms with E-state index in [2.05, 4.69) is 5.32 Å².